The van der Waals surface area contributed by atoms with E-state index >= 15 is 0 Å². The molecule has 5 heteroatoms. The molecule has 0 spiro atoms. The van der Waals surface area contributed by atoms with Gasteiger partial charge in [0.05, 0.1) is 5.25 Å². The lowest BCUT2D eigenvalue weighted by Crippen LogP contribution is -2.44. The van der Waals surface area contributed by atoms with Crippen molar-refractivity contribution in [3.63, 3.8) is 0 Å². The van der Waals surface area contributed by atoms with Gasteiger partial charge in [0.15, 0.2) is 0 Å². The van der Waals surface area contributed by atoms with Gasteiger partial charge in [-0.05, 0) is 42.0 Å². The summed E-state index contributed by atoms with van der Waals surface area (Å²) in [6.45, 7) is 1.81. The second-order valence-corrected chi connectivity index (χ2v) is 6.99. The van der Waals surface area contributed by atoms with Gasteiger partial charge >= 0.3 is 0 Å². The Morgan fingerprint density at radius 1 is 0.840 bits per heavy atom. The fraction of sp³-hybridized carbons (Fsp3) is 0.100. The van der Waals surface area contributed by atoms with E-state index in [1.165, 1.54) is 17.1 Å². The predicted octanol–water partition coefficient (Wildman–Crippen LogP) is 3.78. The van der Waals surface area contributed by atoms with Crippen molar-refractivity contribution in [2.75, 3.05) is 0 Å². The summed E-state index contributed by atoms with van der Waals surface area (Å²) in [5, 5.41) is 1.97. The number of carbonyl (C=O) groups is 2. The van der Waals surface area contributed by atoms with Crippen LogP contribution in [0.5, 0.6) is 0 Å². The van der Waals surface area contributed by atoms with Crippen LogP contribution in [0.25, 0.3) is 10.8 Å². The van der Waals surface area contributed by atoms with Gasteiger partial charge in [-0.1, -0.05) is 48.5 Å². The van der Waals surface area contributed by atoms with Crippen molar-refractivity contribution in [3.8, 4) is 0 Å². The Hall–Kier alpha value is -2.79. The van der Waals surface area contributed by atoms with E-state index in [1.807, 2.05) is 43.3 Å². The van der Waals surface area contributed by atoms with Gasteiger partial charge in [-0.2, -0.15) is 0 Å². The van der Waals surface area contributed by atoms with Crippen LogP contribution in [0.2, 0.25) is 0 Å². The first-order valence-corrected chi connectivity index (χ1v) is 8.82. The van der Waals surface area contributed by atoms with E-state index in [0.29, 0.717) is 5.56 Å². The molecular weight excluding hydrogens is 332 g/mol. The summed E-state index contributed by atoms with van der Waals surface area (Å²) >= 11 is 1.45. The molecule has 0 aliphatic rings. The van der Waals surface area contributed by atoms with Gasteiger partial charge in [0, 0.05) is 10.5 Å². The van der Waals surface area contributed by atoms with E-state index in [2.05, 4.69) is 23.0 Å². The van der Waals surface area contributed by atoms with Crippen molar-refractivity contribution in [2.24, 2.45) is 0 Å². The van der Waals surface area contributed by atoms with Crippen molar-refractivity contribution in [2.45, 2.75) is 17.1 Å². The minimum Gasteiger partial charge on any atom is -0.272 e. The summed E-state index contributed by atoms with van der Waals surface area (Å²) in [5.74, 6) is -0.584. The molecule has 0 saturated heterocycles. The molecule has 0 aliphatic carbocycles. The number of benzene rings is 3. The van der Waals surface area contributed by atoms with Gasteiger partial charge in [-0.25, -0.2) is 0 Å². The first-order chi connectivity index (χ1) is 12.1. The molecule has 3 aromatic rings. The van der Waals surface area contributed by atoms with Crippen LogP contribution in [0.3, 0.4) is 0 Å². The molecule has 0 bridgehead atoms. The molecule has 0 unspecified atom stereocenters. The monoisotopic (exact) mass is 350 g/mol. The molecule has 2 amide bonds. The van der Waals surface area contributed by atoms with Crippen molar-refractivity contribution < 1.29 is 9.59 Å². The van der Waals surface area contributed by atoms with E-state index in [-0.39, 0.29) is 17.1 Å². The molecule has 126 valence electrons. The van der Waals surface area contributed by atoms with Crippen molar-refractivity contribution in [1.82, 2.24) is 10.9 Å². The molecule has 3 aromatic carbocycles. The highest BCUT2D eigenvalue weighted by Crippen LogP contribution is 2.26. The smallest absolute Gasteiger partial charge is 0.269 e. The number of thioether (sulfide) groups is 1. The molecular formula is C20H18N2O2S. The van der Waals surface area contributed by atoms with E-state index in [9.17, 15) is 9.59 Å². The number of nitrogens with one attached hydrogen (secondary N) is 2. The lowest BCUT2D eigenvalue weighted by atomic mass is 10.1. The third kappa shape index (κ3) is 4.39. The first-order valence-electron chi connectivity index (χ1n) is 7.94. The highest BCUT2D eigenvalue weighted by molar-refractivity contribution is 8.00. The molecule has 0 radical (unpaired) electrons. The van der Waals surface area contributed by atoms with Gasteiger partial charge in [-0.15, -0.1) is 11.8 Å². The van der Waals surface area contributed by atoms with Crippen LogP contribution >= 0.6 is 11.8 Å². The van der Waals surface area contributed by atoms with Crippen molar-refractivity contribution in [3.05, 3.63) is 78.4 Å². The zero-order valence-electron chi connectivity index (χ0n) is 13.7. The third-order valence-electron chi connectivity index (χ3n) is 3.74. The zero-order chi connectivity index (χ0) is 17.6. The lowest BCUT2D eigenvalue weighted by molar-refractivity contribution is -0.121. The average Bonchev–Trinajstić information content (AvgIpc) is 2.66. The van der Waals surface area contributed by atoms with E-state index in [1.54, 1.807) is 24.3 Å². The molecule has 1 atom stereocenters. The van der Waals surface area contributed by atoms with Gasteiger partial charge < -0.3 is 0 Å². The number of carbonyl (C=O) groups excluding carboxylic acids is 2. The minimum atomic E-state index is -0.336. The second kappa shape index (κ2) is 7.85. The summed E-state index contributed by atoms with van der Waals surface area (Å²) in [7, 11) is 0. The van der Waals surface area contributed by atoms with Gasteiger partial charge in [0.25, 0.3) is 11.8 Å². The molecule has 0 aromatic heterocycles. The molecule has 0 aliphatic heterocycles. The summed E-state index contributed by atoms with van der Waals surface area (Å²) in [6.07, 6.45) is 0. The molecule has 2 N–H and O–H groups in total. The molecule has 0 fully saturated rings. The van der Waals surface area contributed by atoms with Crippen LogP contribution in [0.1, 0.15) is 17.3 Å². The Labute approximate surface area is 150 Å². The summed E-state index contributed by atoms with van der Waals surface area (Å²) < 4.78 is 0. The Morgan fingerprint density at radius 2 is 1.52 bits per heavy atom. The number of hydrogen-bond acceptors (Lipinski definition) is 3. The fourth-order valence-electron chi connectivity index (χ4n) is 2.38. The quantitative estimate of drug-likeness (QED) is 0.556. The maximum absolute atomic E-state index is 12.2. The Kier molecular flexibility index (Phi) is 5.36. The van der Waals surface area contributed by atoms with Gasteiger partial charge in [-0.3, -0.25) is 20.4 Å². The summed E-state index contributed by atoms with van der Waals surface area (Å²) in [6, 6.07) is 23.0. The highest BCUT2D eigenvalue weighted by Gasteiger charge is 2.15. The molecule has 0 heterocycles. The standard InChI is InChI=1S/C20H18N2O2S/c1-14(19(23)21-22-20(24)16-8-3-2-4-9-16)25-18-12-11-15-7-5-6-10-17(15)13-18/h2-14H,1H3,(H,21,23)(H,22,24)/t14-/m0/s1. The van der Waals surface area contributed by atoms with E-state index in [4.69, 9.17) is 0 Å². The maximum Gasteiger partial charge on any atom is 0.269 e. The topological polar surface area (TPSA) is 58.2 Å². The number of fused-ring (bicyclic) bond motifs is 1. The molecule has 4 nitrogen and oxygen atoms in total. The van der Waals surface area contributed by atoms with E-state index in [0.717, 1.165) is 10.3 Å². The number of hydrazine groups is 1. The number of amides is 2. The Bertz CT molecular complexity index is 896. The largest absolute Gasteiger partial charge is 0.272 e. The number of hydrogen-bond donors (Lipinski definition) is 2. The second-order valence-electron chi connectivity index (χ2n) is 5.58. The molecule has 0 saturated carbocycles. The summed E-state index contributed by atoms with van der Waals surface area (Å²) in [4.78, 5) is 25.2. The SMILES string of the molecule is C[C@H](Sc1ccc2ccccc2c1)C(=O)NNC(=O)c1ccccc1. The maximum atomic E-state index is 12.2. The van der Waals surface area contributed by atoms with Crippen LogP contribution in [-0.2, 0) is 4.79 Å². The van der Waals surface area contributed by atoms with Crippen LogP contribution in [0.4, 0.5) is 0 Å². The first kappa shape index (κ1) is 17.0. The predicted molar refractivity (Wildman–Crippen MR) is 101 cm³/mol. The number of rotatable bonds is 4. The zero-order valence-corrected chi connectivity index (χ0v) is 14.5. The average molecular weight is 350 g/mol. The third-order valence-corrected chi connectivity index (χ3v) is 4.83. The summed E-state index contributed by atoms with van der Waals surface area (Å²) in [5.41, 5.74) is 5.42. The van der Waals surface area contributed by atoms with Gasteiger partial charge in [0.1, 0.15) is 0 Å². The Morgan fingerprint density at radius 3 is 2.28 bits per heavy atom. The molecule has 25 heavy (non-hydrogen) atoms. The lowest BCUT2D eigenvalue weighted by Gasteiger charge is -2.13. The van der Waals surface area contributed by atoms with E-state index < -0.39 is 0 Å². The van der Waals surface area contributed by atoms with Crippen LogP contribution < -0.4 is 10.9 Å². The van der Waals surface area contributed by atoms with Crippen LogP contribution in [0, 0.1) is 0 Å². The normalized spacial score (nSPS) is 11.7. The van der Waals surface area contributed by atoms with Crippen molar-refractivity contribution in [1.29, 1.82) is 0 Å². The fourth-order valence-corrected chi connectivity index (χ4v) is 3.30. The van der Waals surface area contributed by atoms with Gasteiger partial charge in [0.2, 0.25) is 0 Å². The van der Waals surface area contributed by atoms with Crippen molar-refractivity contribution >= 4 is 34.3 Å². The highest BCUT2D eigenvalue weighted by atomic mass is 32.2. The molecule has 3 rings (SSSR count). The van der Waals surface area contributed by atoms with Crippen LogP contribution in [0.15, 0.2) is 77.7 Å². The minimum absolute atomic E-state index is 0.248. The Balaban J connectivity index is 1.57. The van der Waals surface area contributed by atoms with Crippen LogP contribution in [-0.4, -0.2) is 17.1 Å².